The molecule has 3 nitrogen and oxygen atoms in total. The highest BCUT2D eigenvalue weighted by Crippen LogP contribution is 2.17. The zero-order valence-corrected chi connectivity index (χ0v) is 10.7. The molecule has 1 rings (SSSR count). The maximum atomic E-state index is 11.9. The monoisotopic (exact) mass is 225 g/mol. The number of carbonyl (C=O) groups is 1. The molecule has 0 spiro atoms. The largest absolute Gasteiger partial charge is 0.274 e. The van der Waals surface area contributed by atoms with Crippen LogP contribution in [-0.2, 0) is 9.63 Å². The lowest BCUT2D eigenvalue weighted by Gasteiger charge is -2.26. The molecule has 0 aromatic carbocycles. The van der Waals surface area contributed by atoms with Crippen LogP contribution in [0, 0.1) is 0 Å². The van der Waals surface area contributed by atoms with Crippen LogP contribution in [-0.4, -0.2) is 24.1 Å². The third-order valence-electron chi connectivity index (χ3n) is 3.05. The zero-order chi connectivity index (χ0) is 12.0. The second-order valence-corrected chi connectivity index (χ2v) is 4.61. The molecule has 1 aliphatic heterocycles. The first kappa shape index (κ1) is 13.2. The van der Waals surface area contributed by atoms with Gasteiger partial charge in [0, 0.05) is 6.42 Å². The van der Waals surface area contributed by atoms with E-state index in [2.05, 4.69) is 13.0 Å². The van der Waals surface area contributed by atoms with Crippen LogP contribution in [0.15, 0.2) is 11.6 Å². The van der Waals surface area contributed by atoms with Gasteiger partial charge >= 0.3 is 0 Å². The van der Waals surface area contributed by atoms with Crippen LogP contribution in [0.5, 0.6) is 0 Å². The van der Waals surface area contributed by atoms with E-state index in [1.807, 2.05) is 6.92 Å². The number of carbonyl (C=O) groups excluding carboxylic acids is 1. The van der Waals surface area contributed by atoms with Crippen molar-refractivity contribution in [3.05, 3.63) is 11.6 Å². The Balaban J connectivity index is 2.70. The highest BCUT2D eigenvalue weighted by atomic mass is 16.7. The molecule has 16 heavy (non-hydrogen) atoms. The van der Waals surface area contributed by atoms with Gasteiger partial charge in [0.15, 0.2) is 0 Å². The zero-order valence-electron chi connectivity index (χ0n) is 10.7. The normalized spacial score (nSPS) is 28.2. The quantitative estimate of drug-likeness (QED) is 0.642. The van der Waals surface area contributed by atoms with E-state index in [4.69, 9.17) is 4.84 Å². The average Bonchev–Trinajstić information content (AvgIpc) is 2.25. The highest BCUT2D eigenvalue weighted by Gasteiger charge is 2.20. The smallest absolute Gasteiger partial charge is 0.246 e. The van der Waals surface area contributed by atoms with Crippen LogP contribution in [0.3, 0.4) is 0 Å². The third-order valence-corrected chi connectivity index (χ3v) is 3.05. The summed E-state index contributed by atoms with van der Waals surface area (Å²) < 4.78 is 0. The molecule has 0 aromatic rings. The lowest BCUT2D eigenvalue weighted by Crippen LogP contribution is -2.37. The van der Waals surface area contributed by atoms with Gasteiger partial charge in [-0.3, -0.25) is 9.63 Å². The Kier molecular flexibility index (Phi) is 5.53. The Morgan fingerprint density at radius 2 is 2.12 bits per heavy atom. The van der Waals surface area contributed by atoms with E-state index in [1.165, 1.54) is 17.1 Å². The summed E-state index contributed by atoms with van der Waals surface area (Å²) in [6.45, 7) is 4.17. The van der Waals surface area contributed by atoms with Crippen molar-refractivity contribution in [3.63, 3.8) is 0 Å². The van der Waals surface area contributed by atoms with E-state index < -0.39 is 0 Å². The van der Waals surface area contributed by atoms with Gasteiger partial charge < -0.3 is 0 Å². The van der Waals surface area contributed by atoms with Crippen LogP contribution >= 0.6 is 0 Å². The first-order chi connectivity index (χ1) is 7.65. The van der Waals surface area contributed by atoms with E-state index in [0.717, 1.165) is 25.7 Å². The molecule has 0 radical (unpaired) electrons. The van der Waals surface area contributed by atoms with Gasteiger partial charge in [0.1, 0.15) is 0 Å². The molecule has 0 aliphatic carbocycles. The number of hydroxylamine groups is 2. The Morgan fingerprint density at radius 3 is 2.81 bits per heavy atom. The van der Waals surface area contributed by atoms with Crippen LogP contribution in [0.2, 0.25) is 0 Å². The Morgan fingerprint density at radius 1 is 1.38 bits per heavy atom. The SMILES string of the molecule is CON1C(=O)CCCCC/C=C(\C)CC1C. The Labute approximate surface area is 98.4 Å². The van der Waals surface area contributed by atoms with Crippen LogP contribution in [0.25, 0.3) is 0 Å². The minimum Gasteiger partial charge on any atom is -0.274 e. The van der Waals surface area contributed by atoms with Gasteiger partial charge in [-0.25, -0.2) is 5.06 Å². The summed E-state index contributed by atoms with van der Waals surface area (Å²) in [5, 5.41) is 1.53. The standard InChI is InChI=1S/C13H23NO2/c1-11-8-6-4-5-7-9-13(15)14(16-3)12(2)10-11/h8,12H,4-7,9-10H2,1-3H3/b11-8+. The van der Waals surface area contributed by atoms with Gasteiger partial charge in [-0.15, -0.1) is 0 Å². The molecule has 1 amide bonds. The predicted octanol–water partition coefficient (Wildman–Crippen LogP) is 3.07. The number of nitrogens with zero attached hydrogens (tertiary/aromatic N) is 1. The molecule has 0 aromatic heterocycles. The highest BCUT2D eigenvalue weighted by molar-refractivity contribution is 5.75. The molecular formula is C13H23NO2. The average molecular weight is 225 g/mol. The topological polar surface area (TPSA) is 29.5 Å². The van der Waals surface area contributed by atoms with Crippen molar-refractivity contribution >= 4 is 5.91 Å². The van der Waals surface area contributed by atoms with Crippen LogP contribution in [0.4, 0.5) is 0 Å². The van der Waals surface area contributed by atoms with Crippen molar-refractivity contribution in [2.75, 3.05) is 7.11 Å². The van der Waals surface area contributed by atoms with Crippen molar-refractivity contribution in [1.29, 1.82) is 0 Å². The molecule has 3 heteroatoms. The molecule has 1 unspecified atom stereocenters. The second-order valence-electron chi connectivity index (χ2n) is 4.61. The summed E-state index contributed by atoms with van der Waals surface area (Å²) in [6.07, 6.45) is 8.22. The Bertz CT molecular complexity index is 261. The second kappa shape index (κ2) is 6.69. The number of hydrogen-bond acceptors (Lipinski definition) is 2. The van der Waals surface area contributed by atoms with Gasteiger partial charge in [-0.05, 0) is 39.5 Å². The van der Waals surface area contributed by atoms with Gasteiger partial charge in [0.2, 0.25) is 5.91 Å². The summed E-state index contributed by atoms with van der Waals surface area (Å²) in [5.74, 6) is 0.115. The van der Waals surface area contributed by atoms with Gasteiger partial charge in [-0.2, -0.15) is 0 Å². The number of allylic oxidation sites excluding steroid dienone is 1. The number of rotatable bonds is 1. The molecule has 0 N–H and O–H groups in total. The molecule has 0 saturated heterocycles. The van der Waals surface area contributed by atoms with Crippen molar-refractivity contribution in [2.45, 2.75) is 58.4 Å². The molecule has 0 saturated carbocycles. The van der Waals surface area contributed by atoms with Crippen LogP contribution < -0.4 is 0 Å². The fourth-order valence-electron chi connectivity index (χ4n) is 2.22. The van der Waals surface area contributed by atoms with E-state index in [0.29, 0.717) is 6.42 Å². The minimum absolute atomic E-state index is 0.115. The van der Waals surface area contributed by atoms with E-state index >= 15 is 0 Å². The summed E-state index contributed by atoms with van der Waals surface area (Å²) >= 11 is 0. The molecule has 92 valence electrons. The first-order valence-corrected chi connectivity index (χ1v) is 6.17. The molecule has 0 bridgehead atoms. The van der Waals surface area contributed by atoms with Crippen molar-refractivity contribution < 1.29 is 9.63 Å². The van der Waals surface area contributed by atoms with Crippen molar-refractivity contribution in [1.82, 2.24) is 5.06 Å². The lowest BCUT2D eigenvalue weighted by atomic mass is 10.1. The molecule has 0 fully saturated rings. The lowest BCUT2D eigenvalue weighted by molar-refractivity contribution is -0.186. The van der Waals surface area contributed by atoms with Crippen LogP contribution in [0.1, 0.15) is 52.4 Å². The minimum atomic E-state index is 0.115. The fourth-order valence-corrected chi connectivity index (χ4v) is 2.22. The molecule has 1 aliphatic rings. The van der Waals surface area contributed by atoms with E-state index in [9.17, 15) is 4.79 Å². The molecular weight excluding hydrogens is 202 g/mol. The van der Waals surface area contributed by atoms with E-state index in [-0.39, 0.29) is 11.9 Å². The third kappa shape index (κ3) is 3.97. The van der Waals surface area contributed by atoms with Gasteiger partial charge in [0.25, 0.3) is 0 Å². The maximum absolute atomic E-state index is 11.9. The number of amides is 1. The van der Waals surface area contributed by atoms with Crippen molar-refractivity contribution in [3.8, 4) is 0 Å². The summed E-state index contributed by atoms with van der Waals surface area (Å²) in [6, 6.07) is 0.131. The van der Waals surface area contributed by atoms with Gasteiger partial charge in [-0.1, -0.05) is 18.1 Å². The first-order valence-electron chi connectivity index (χ1n) is 6.17. The molecule has 1 heterocycles. The maximum Gasteiger partial charge on any atom is 0.246 e. The number of hydrogen-bond donors (Lipinski definition) is 0. The summed E-state index contributed by atoms with van der Waals surface area (Å²) in [4.78, 5) is 17.1. The Hall–Kier alpha value is -0.830. The summed E-state index contributed by atoms with van der Waals surface area (Å²) in [7, 11) is 1.58. The molecule has 1 atom stereocenters. The van der Waals surface area contributed by atoms with E-state index in [1.54, 1.807) is 7.11 Å². The van der Waals surface area contributed by atoms with Gasteiger partial charge in [0.05, 0.1) is 13.2 Å². The fraction of sp³-hybridized carbons (Fsp3) is 0.769. The van der Waals surface area contributed by atoms with Crippen molar-refractivity contribution in [2.24, 2.45) is 0 Å². The summed E-state index contributed by atoms with van der Waals surface area (Å²) in [5.41, 5.74) is 1.35. The predicted molar refractivity (Wildman–Crippen MR) is 64.8 cm³/mol.